The van der Waals surface area contributed by atoms with Crippen molar-refractivity contribution in [3.05, 3.63) is 28.3 Å². The Hall–Kier alpha value is -2.37. The lowest BCUT2D eigenvalue weighted by Crippen LogP contribution is -2.35. The summed E-state index contributed by atoms with van der Waals surface area (Å²) in [5, 5.41) is 13.5. The van der Waals surface area contributed by atoms with Crippen LogP contribution in [0.3, 0.4) is 0 Å². The number of nitro groups is 1. The number of carbonyl (C=O) groups is 1. The van der Waals surface area contributed by atoms with Gasteiger partial charge in [0.2, 0.25) is 5.91 Å². The molecular weight excluding hydrogens is 367 g/mol. The summed E-state index contributed by atoms with van der Waals surface area (Å²) in [4.78, 5) is 22.1. The number of benzene rings is 1. The SMILES string of the molecule is CCN(CC)C(=O)CNc1ccc(S(=O)(=O)C(F)(F)F)cc1[N+](=O)[O-]. The van der Waals surface area contributed by atoms with Crippen molar-refractivity contribution in [1.29, 1.82) is 0 Å². The van der Waals surface area contributed by atoms with E-state index in [0.717, 1.165) is 6.07 Å². The van der Waals surface area contributed by atoms with Crippen LogP contribution in [0.5, 0.6) is 0 Å². The van der Waals surface area contributed by atoms with Gasteiger partial charge in [0, 0.05) is 19.2 Å². The number of hydrogen-bond donors (Lipinski definition) is 1. The number of likely N-dealkylation sites (N-methyl/N-ethyl adjacent to an activating group) is 1. The van der Waals surface area contributed by atoms with E-state index in [0.29, 0.717) is 25.2 Å². The number of nitro benzene ring substituents is 1. The van der Waals surface area contributed by atoms with Crippen molar-refractivity contribution >= 4 is 27.1 Å². The number of rotatable bonds is 7. The normalized spacial score (nSPS) is 11.9. The van der Waals surface area contributed by atoms with Crippen molar-refractivity contribution in [3.8, 4) is 0 Å². The molecule has 1 amide bonds. The summed E-state index contributed by atoms with van der Waals surface area (Å²) in [7, 11) is -5.71. The number of amides is 1. The van der Waals surface area contributed by atoms with Gasteiger partial charge in [-0.1, -0.05) is 0 Å². The van der Waals surface area contributed by atoms with Gasteiger partial charge in [-0.15, -0.1) is 0 Å². The lowest BCUT2D eigenvalue weighted by molar-refractivity contribution is -0.384. The fraction of sp³-hybridized carbons (Fsp3) is 0.462. The van der Waals surface area contributed by atoms with Gasteiger partial charge < -0.3 is 10.2 Å². The number of nitrogens with one attached hydrogen (secondary N) is 1. The first-order valence-corrected chi connectivity index (χ1v) is 8.55. The molecule has 0 aromatic heterocycles. The Morgan fingerprint density at radius 1 is 1.28 bits per heavy atom. The number of sulfone groups is 1. The maximum Gasteiger partial charge on any atom is 0.501 e. The van der Waals surface area contributed by atoms with Gasteiger partial charge in [0.1, 0.15) is 5.69 Å². The Morgan fingerprint density at radius 3 is 2.28 bits per heavy atom. The second-order valence-corrected chi connectivity index (χ2v) is 6.75. The predicted octanol–water partition coefficient (Wildman–Crippen LogP) is 2.17. The van der Waals surface area contributed by atoms with Crippen molar-refractivity contribution in [2.45, 2.75) is 24.3 Å². The highest BCUT2D eigenvalue weighted by Crippen LogP contribution is 2.34. The summed E-state index contributed by atoms with van der Waals surface area (Å²) in [5.74, 6) is -0.369. The highest BCUT2D eigenvalue weighted by Gasteiger charge is 2.47. The lowest BCUT2D eigenvalue weighted by atomic mass is 10.2. The molecule has 8 nitrogen and oxygen atoms in total. The molecule has 0 heterocycles. The molecule has 0 fully saturated rings. The molecule has 0 aliphatic heterocycles. The third-order valence-corrected chi connectivity index (χ3v) is 4.81. The van der Waals surface area contributed by atoms with E-state index in [1.165, 1.54) is 4.90 Å². The first-order valence-electron chi connectivity index (χ1n) is 7.07. The Labute approximate surface area is 141 Å². The molecule has 0 aliphatic carbocycles. The van der Waals surface area contributed by atoms with E-state index in [1.54, 1.807) is 13.8 Å². The maximum atomic E-state index is 12.5. The first-order chi connectivity index (χ1) is 11.5. The molecule has 0 saturated heterocycles. The summed E-state index contributed by atoms with van der Waals surface area (Å²) in [6, 6.07) is 1.74. The van der Waals surface area contributed by atoms with Crippen LogP contribution in [0.1, 0.15) is 13.8 Å². The molecular formula is C13H16F3N3O5S. The largest absolute Gasteiger partial charge is 0.501 e. The number of carbonyl (C=O) groups excluding carboxylic acids is 1. The van der Waals surface area contributed by atoms with Crippen molar-refractivity contribution in [2.24, 2.45) is 0 Å². The van der Waals surface area contributed by atoms with Gasteiger partial charge in [-0.3, -0.25) is 14.9 Å². The van der Waals surface area contributed by atoms with Crippen molar-refractivity contribution in [2.75, 3.05) is 25.0 Å². The fourth-order valence-corrected chi connectivity index (χ4v) is 2.75. The van der Waals surface area contributed by atoms with Gasteiger partial charge in [-0.2, -0.15) is 13.2 Å². The zero-order valence-corrected chi connectivity index (χ0v) is 14.1. The van der Waals surface area contributed by atoms with Gasteiger partial charge in [-0.05, 0) is 26.0 Å². The van der Waals surface area contributed by atoms with Crippen molar-refractivity contribution < 1.29 is 31.3 Å². The number of alkyl halides is 3. The molecule has 25 heavy (non-hydrogen) atoms. The fourth-order valence-electron chi connectivity index (χ4n) is 1.97. The standard InChI is InChI=1S/C13H16F3N3O5S/c1-3-18(4-2)12(20)8-17-10-6-5-9(7-11(10)19(21)22)25(23,24)13(14,15)16/h5-7,17H,3-4,8H2,1-2H3. The average molecular weight is 383 g/mol. The molecule has 0 atom stereocenters. The van der Waals surface area contributed by atoms with Crippen LogP contribution in [-0.2, 0) is 14.6 Å². The zero-order chi connectivity index (χ0) is 19.4. The number of halogens is 3. The van der Waals surface area contributed by atoms with Crippen LogP contribution < -0.4 is 5.32 Å². The second kappa shape index (κ2) is 7.68. The van der Waals surface area contributed by atoms with E-state index in [1.807, 2.05) is 0 Å². The van der Waals surface area contributed by atoms with Gasteiger partial charge in [0.05, 0.1) is 16.4 Å². The third kappa shape index (κ3) is 4.59. The van der Waals surface area contributed by atoms with Crippen molar-refractivity contribution in [1.82, 2.24) is 4.90 Å². The minimum atomic E-state index is -5.71. The molecule has 0 saturated carbocycles. The van der Waals surface area contributed by atoms with Crippen LogP contribution in [0.4, 0.5) is 24.5 Å². The van der Waals surface area contributed by atoms with Crippen LogP contribution in [0.15, 0.2) is 23.1 Å². The van der Waals surface area contributed by atoms with E-state index in [9.17, 15) is 36.5 Å². The minimum Gasteiger partial charge on any atom is -0.371 e. The van der Waals surface area contributed by atoms with E-state index in [4.69, 9.17) is 0 Å². The quantitative estimate of drug-likeness (QED) is 0.571. The van der Waals surface area contributed by atoms with Crippen LogP contribution >= 0.6 is 0 Å². The summed E-state index contributed by atoms with van der Waals surface area (Å²) in [6.45, 7) is 3.99. The van der Waals surface area contributed by atoms with Gasteiger partial charge in [0.25, 0.3) is 15.5 Å². The summed E-state index contributed by atoms with van der Waals surface area (Å²) >= 11 is 0. The molecule has 0 bridgehead atoms. The first kappa shape index (κ1) is 20.7. The molecule has 1 aromatic carbocycles. The molecule has 0 spiro atoms. The Bertz CT molecular complexity index is 761. The molecule has 1 aromatic rings. The molecule has 12 heteroatoms. The second-order valence-electron chi connectivity index (χ2n) is 4.80. The summed E-state index contributed by atoms with van der Waals surface area (Å²) in [5.41, 5.74) is -6.71. The van der Waals surface area contributed by atoms with Gasteiger partial charge >= 0.3 is 5.51 Å². The highest BCUT2D eigenvalue weighted by atomic mass is 32.2. The Kier molecular flexibility index (Phi) is 6.35. The van der Waals surface area contributed by atoms with Crippen LogP contribution in [0.25, 0.3) is 0 Å². The van der Waals surface area contributed by atoms with E-state index in [2.05, 4.69) is 5.32 Å². The topological polar surface area (TPSA) is 110 Å². The number of hydrogen-bond acceptors (Lipinski definition) is 6. The average Bonchev–Trinajstić information content (AvgIpc) is 2.52. The van der Waals surface area contributed by atoms with Crippen LogP contribution in [0.2, 0.25) is 0 Å². The monoisotopic (exact) mass is 383 g/mol. The van der Waals surface area contributed by atoms with Crippen molar-refractivity contribution in [3.63, 3.8) is 0 Å². The van der Waals surface area contributed by atoms with Gasteiger partial charge in [-0.25, -0.2) is 8.42 Å². The maximum absolute atomic E-state index is 12.5. The van der Waals surface area contributed by atoms with Gasteiger partial charge in [0.15, 0.2) is 0 Å². The smallest absolute Gasteiger partial charge is 0.371 e. The zero-order valence-electron chi connectivity index (χ0n) is 13.3. The molecule has 140 valence electrons. The molecule has 0 radical (unpaired) electrons. The molecule has 0 unspecified atom stereocenters. The highest BCUT2D eigenvalue weighted by molar-refractivity contribution is 7.92. The number of nitrogens with zero attached hydrogens (tertiary/aromatic N) is 2. The van der Waals surface area contributed by atoms with E-state index in [-0.39, 0.29) is 18.1 Å². The van der Waals surface area contributed by atoms with Crippen LogP contribution in [-0.4, -0.2) is 49.3 Å². The summed E-state index contributed by atoms with van der Waals surface area (Å²) < 4.78 is 60.3. The lowest BCUT2D eigenvalue weighted by Gasteiger charge is -2.19. The van der Waals surface area contributed by atoms with E-state index >= 15 is 0 Å². The molecule has 1 N–H and O–H groups in total. The molecule has 0 aliphatic rings. The number of anilines is 1. The third-order valence-electron chi connectivity index (χ3n) is 3.33. The van der Waals surface area contributed by atoms with E-state index < -0.39 is 30.9 Å². The Balaban J connectivity index is 3.16. The minimum absolute atomic E-state index is 0.258. The molecule has 1 rings (SSSR count). The predicted molar refractivity (Wildman–Crippen MR) is 82.8 cm³/mol. The Morgan fingerprint density at radius 2 is 1.84 bits per heavy atom. The summed E-state index contributed by atoms with van der Waals surface area (Å²) in [6.07, 6.45) is 0. The van der Waals surface area contributed by atoms with Crippen LogP contribution in [0, 0.1) is 10.1 Å².